The van der Waals surface area contributed by atoms with Crippen molar-refractivity contribution in [2.24, 2.45) is 5.92 Å². The van der Waals surface area contributed by atoms with E-state index in [2.05, 4.69) is 20.4 Å². The highest BCUT2D eigenvalue weighted by Gasteiger charge is 2.25. The minimum Gasteiger partial charge on any atom is -0.340 e. The van der Waals surface area contributed by atoms with Gasteiger partial charge in [0.2, 0.25) is 5.89 Å². The summed E-state index contributed by atoms with van der Waals surface area (Å²) in [6.07, 6.45) is 6.40. The molecule has 24 heavy (non-hydrogen) atoms. The van der Waals surface area contributed by atoms with Gasteiger partial charge in [-0.1, -0.05) is 5.16 Å². The Morgan fingerprint density at radius 1 is 1.46 bits per heavy atom. The predicted molar refractivity (Wildman–Crippen MR) is 88.2 cm³/mol. The molecule has 1 aliphatic rings. The molecule has 2 amide bonds. The van der Waals surface area contributed by atoms with E-state index in [-0.39, 0.29) is 6.03 Å². The Labute approximate surface area is 141 Å². The van der Waals surface area contributed by atoms with Crippen LogP contribution in [0.15, 0.2) is 23.0 Å². The van der Waals surface area contributed by atoms with Gasteiger partial charge in [0.1, 0.15) is 0 Å². The van der Waals surface area contributed by atoms with Gasteiger partial charge in [-0.2, -0.15) is 4.98 Å². The van der Waals surface area contributed by atoms with Crippen LogP contribution < -0.4 is 5.32 Å². The third-order valence-corrected chi connectivity index (χ3v) is 4.41. The second-order valence-electron chi connectivity index (χ2n) is 6.35. The molecule has 3 heterocycles. The summed E-state index contributed by atoms with van der Waals surface area (Å²) in [5.41, 5.74) is 2.18. The number of likely N-dealkylation sites (tertiary alicyclic amines) is 1. The predicted octanol–water partition coefficient (Wildman–Crippen LogP) is 2.25. The average molecular weight is 329 g/mol. The number of urea groups is 1. The molecule has 0 aromatic carbocycles. The number of rotatable bonds is 4. The molecule has 0 saturated carbocycles. The lowest BCUT2D eigenvalue weighted by Crippen LogP contribution is -2.45. The maximum absolute atomic E-state index is 12.4. The summed E-state index contributed by atoms with van der Waals surface area (Å²) in [6, 6.07) is 1.92. The molecular formula is C17H23N5O2. The van der Waals surface area contributed by atoms with Gasteiger partial charge in [-0.25, -0.2) is 4.79 Å². The summed E-state index contributed by atoms with van der Waals surface area (Å²) in [5.74, 6) is 1.69. The van der Waals surface area contributed by atoms with E-state index in [9.17, 15) is 4.79 Å². The van der Waals surface area contributed by atoms with Crippen molar-refractivity contribution in [3.63, 3.8) is 0 Å². The highest BCUT2D eigenvalue weighted by Crippen LogP contribution is 2.20. The van der Waals surface area contributed by atoms with Gasteiger partial charge >= 0.3 is 6.03 Å². The van der Waals surface area contributed by atoms with Gasteiger partial charge in [0.25, 0.3) is 0 Å². The van der Waals surface area contributed by atoms with E-state index in [1.54, 1.807) is 13.1 Å². The lowest BCUT2D eigenvalue weighted by atomic mass is 9.95. The first-order valence-corrected chi connectivity index (χ1v) is 8.33. The number of aromatic nitrogens is 3. The molecule has 1 saturated heterocycles. The Morgan fingerprint density at radius 2 is 2.33 bits per heavy atom. The maximum Gasteiger partial charge on any atom is 0.317 e. The molecule has 0 bridgehead atoms. The van der Waals surface area contributed by atoms with E-state index >= 15 is 0 Å². The van der Waals surface area contributed by atoms with Crippen LogP contribution in [0.2, 0.25) is 0 Å². The van der Waals surface area contributed by atoms with Gasteiger partial charge < -0.3 is 14.7 Å². The van der Waals surface area contributed by atoms with Gasteiger partial charge in [-0.15, -0.1) is 0 Å². The van der Waals surface area contributed by atoms with E-state index in [1.165, 1.54) is 0 Å². The standard InChI is InChI=1S/C17H23N5O2/c1-12-9-18-6-5-15(12)10-19-17(23)22-7-3-4-14(11-22)8-16-20-13(2)24-21-16/h5-6,9,14H,3-4,7-8,10-11H2,1-2H3,(H,19,23). The topological polar surface area (TPSA) is 84.2 Å². The Hall–Kier alpha value is -2.44. The molecule has 0 radical (unpaired) electrons. The Balaban J connectivity index is 1.52. The number of pyridine rings is 1. The van der Waals surface area contributed by atoms with Gasteiger partial charge in [0.05, 0.1) is 0 Å². The number of hydrogen-bond donors (Lipinski definition) is 1. The molecule has 3 rings (SSSR count). The zero-order valence-electron chi connectivity index (χ0n) is 14.2. The molecule has 1 atom stereocenters. The summed E-state index contributed by atoms with van der Waals surface area (Å²) >= 11 is 0. The van der Waals surface area contributed by atoms with Crippen molar-refractivity contribution < 1.29 is 9.32 Å². The van der Waals surface area contributed by atoms with Crippen LogP contribution in [0, 0.1) is 19.8 Å². The van der Waals surface area contributed by atoms with Gasteiger partial charge in [0, 0.05) is 45.4 Å². The van der Waals surface area contributed by atoms with E-state index in [0.717, 1.165) is 49.3 Å². The fourth-order valence-electron chi connectivity index (χ4n) is 3.08. The van der Waals surface area contributed by atoms with Crippen molar-refractivity contribution in [2.45, 2.75) is 39.7 Å². The first kappa shape index (κ1) is 16.4. The number of carbonyl (C=O) groups is 1. The second kappa shape index (κ2) is 7.42. The second-order valence-corrected chi connectivity index (χ2v) is 6.35. The summed E-state index contributed by atoms with van der Waals surface area (Å²) in [4.78, 5) is 22.6. The Bertz CT molecular complexity index is 700. The lowest BCUT2D eigenvalue weighted by Gasteiger charge is -2.32. The minimum absolute atomic E-state index is 0.0137. The average Bonchev–Trinajstić information content (AvgIpc) is 2.99. The van der Waals surface area contributed by atoms with Crippen molar-refractivity contribution in [1.29, 1.82) is 0 Å². The van der Waals surface area contributed by atoms with Crippen LogP contribution in [-0.2, 0) is 13.0 Å². The molecule has 0 spiro atoms. The molecule has 0 aliphatic carbocycles. The zero-order chi connectivity index (χ0) is 16.9. The maximum atomic E-state index is 12.4. The van der Waals surface area contributed by atoms with Crippen LogP contribution in [0.1, 0.15) is 35.7 Å². The molecule has 128 valence electrons. The Kier molecular flexibility index (Phi) is 5.08. The molecule has 7 heteroatoms. The fraction of sp³-hybridized carbons (Fsp3) is 0.529. The van der Waals surface area contributed by atoms with Gasteiger partial charge in [-0.05, 0) is 42.9 Å². The molecule has 1 fully saturated rings. The highest BCUT2D eigenvalue weighted by atomic mass is 16.5. The van der Waals surface area contributed by atoms with Gasteiger partial charge in [0.15, 0.2) is 5.82 Å². The molecule has 2 aromatic rings. The molecule has 1 unspecified atom stereocenters. The van der Waals surface area contributed by atoms with Crippen LogP contribution in [-0.4, -0.2) is 39.1 Å². The van der Waals surface area contributed by atoms with Crippen LogP contribution in [0.25, 0.3) is 0 Å². The molecule has 1 N–H and O–H groups in total. The van der Waals surface area contributed by atoms with Crippen molar-refractivity contribution >= 4 is 6.03 Å². The monoisotopic (exact) mass is 329 g/mol. The third-order valence-electron chi connectivity index (χ3n) is 4.41. The number of carbonyl (C=O) groups excluding carboxylic acids is 1. The largest absolute Gasteiger partial charge is 0.340 e. The van der Waals surface area contributed by atoms with Crippen LogP contribution in [0.4, 0.5) is 4.79 Å². The van der Waals surface area contributed by atoms with Crippen LogP contribution in [0.3, 0.4) is 0 Å². The van der Waals surface area contributed by atoms with E-state index in [4.69, 9.17) is 4.52 Å². The summed E-state index contributed by atoms with van der Waals surface area (Å²) in [7, 11) is 0. The number of nitrogens with zero attached hydrogens (tertiary/aromatic N) is 4. The normalized spacial score (nSPS) is 17.8. The Morgan fingerprint density at radius 3 is 3.08 bits per heavy atom. The summed E-state index contributed by atoms with van der Waals surface area (Å²) in [6.45, 7) is 5.84. The quantitative estimate of drug-likeness (QED) is 0.930. The van der Waals surface area contributed by atoms with Crippen molar-refractivity contribution in [1.82, 2.24) is 25.3 Å². The first-order valence-electron chi connectivity index (χ1n) is 8.33. The van der Waals surface area contributed by atoms with Crippen LogP contribution >= 0.6 is 0 Å². The lowest BCUT2D eigenvalue weighted by molar-refractivity contribution is 0.164. The highest BCUT2D eigenvalue weighted by molar-refractivity contribution is 5.74. The summed E-state index contributed by atoms with van der Waals surface area (Å²) < 4.78 is 5.02. The van der Waals surface area contributed by atoms with Crippen LogP contribution in [0.5, 0.6) is 0 Å². The first-order chi connectivity index (χ1) is 11.6. The number of nitrogens with one attached hydrogen (secondary N) is 1. The molecule has 1 aliphatic heterocycles. The zero-order valence-corrected chi connectivity index (χ0v) is 14.2. The van der Waals surface area contributed by atoms with E-state index in [1.807, 2.05) is 24.1 Å². The molecule has 2 aromatic heterocycles. The molecule has 7 nitrogen and oxygen atoms in total. The van der Waals surface area contributed by atoms with E-state index in [0.29, 0.717) is 18.4 Å². The molecular weight excluding hydrogens is 306 g/mol. The smallest absolute Gasteiger partial charge is 0.317 e. The SMILES string of the molecule is Cc1nc(CC2CCCN(C(=O)NCc3ccncc3C)C2)no1. The number of hydrogen-bond acceptors (Lipinski definition) is 5. The van der Waals surface area contributed by atoms with Crippen molar-refractivity contribution in [3.05, 3.63) is 41.3 Å². The number of aryl methyl sites for hydroxylation is 2. The summed E-state index contributed by atoms with van der Waals surface area (Å²) in [5, 5.41) is 6.96. The van der Waals surface area contributed by atoms with Crippen molar-refractivity contribution in [2.75, 3.05) is 13.1 Å². The van der Waals surface area contributed by atoms with E-state index < -0.39 is 0 Å². The number of amides is 2. The minimum atomic E-state index is -0.0137. The van der Waals surface area contributed by atoms with Crippen molar-refractivity contribution in [3.8, 4) is 0 Å². The third kappa shape index (κ3) is 4.10. The fourth-order valence-corrected chi connectivity index (χ4v) is 3.08. The van der Waals surface area contributed by atoms with Gasteiger partial charge in [-0.3, -0.25) is 4.98 Å². The number of piperidine rings is 1.